The van der Waals surface area contributed by atoms with Gasteiger partial charge in [0.05, 0.1) is 6.42 Å². The van der Waals surface area contributed by atoms with Gasteiger partial charge in [-0.1, -0.05) is 12.1 Å². The molecule has 0 radical (unpaired) electrons. The fourth-order valence-corrected chi connectivity index (χ4v) is 3.48. The van der Waals surface area contributed by atoms with Crippen LogP contribution in [0.4, 0.5) is 18.9 Å². The first-order chi connectivity index (χ1) is 14.1. The molecule has 7 nitrogen and oxygen atoms in total. The molecule has 1 aromatic heterocycles. The van der Waals surface area contributed by atoms with Crippen molar-refractivity contribution >= 4 is 17.5 Å². The molecule has 0 bridgehead atoms. The SMILES string of the molecule is Cn1ccnc1C(O)(CC(=O)NCc1cccc(N2CCCCC2=O)c1)C(F)(F)F. The second-order valence-electron chi connectivity index (χ2n) is 7.35. The third-order valence-electron chi connectivity index (χ3n) is 5.11. The van der Waals surface area contributed by atoms with E-state index in [1.54, 1.807) is 29.2 Å². The van der Waals surface area contributed by atoms with Crippen LogP contribution in [0.1, 0.15) is 37.1 Å². The van der Waals surface area contributed by atoms with Gasteiger partial charge in [-0.05, 0) is 30.5 Å². The smallest absolute Gasteiger partial charge is 0.374 e. The zero-order valence-electron chi connectivity index (χ0n) is 16.4. The lowest BCUT2D eigenvalue weighted by atomic mass is 9.97. The quantitative estimate of drug-likeness (QED) is 0.746. The Morgan fingerprint density at radius 3 is 2.70 bits per heavy atom. The van der Waals surface area contributed by atoms with Crippen LogP contribution in [0.3, 0.4) is 0 Å². The van der Waals surface area contributed by atoms with Gasteiger partial charge in [0.1, 0.15) is 0 Å². The summed E-state index contributed by atoms with van der Waals surface area (Å²) < 4.78 is 41.7. The predicted octanol–water partition coefficient (Wildman–Crippen LogP) is 2.39. The molecule has 1 fully saturated rings. The number of alkyl halides is 3. The van der Waals surface area contributed by atoms with Crippen molar-refractivity contribution in [2.24, 2.45) is 7.05 Å². The Morgan fingerprint density at radius 2 is 2.07 bits per heavy atom. The molecule has 3 rings (SSSR count). The summed E-state index contributed by atoms with van der Waals surface area (Å²) in [6, 6.07) is 6.92. The first kappa shape index (κ1) is 21.8. The number of halogens is 3. The van der Waals surface area contributed by atoms with Crippen molar-refractivity contribution in [3.8, 4) is 0 Å². The topological polar surface area (TPSA) is 87.5 Å². The lowest BCUT2D eigenvalue weighted by Gasteiger charge is -2.29. The van der Waals surface area contributed by atoms with E-state index in [1.807, 2.05) is 0 Å². The zero-order chi connectivity index (χ0) is 21.9. The van der Waals surface area contributed by atoms with E-state index in [-0.39, 0.29) is 12.5 Å². The number of nitrogens with zero attached hydrogens (tertiary/aromatic N) is 3. The van der Waals surface area contributed by atoms with Crippen LogP contribution in [0.5, 0.6) is 0 Å². The van der Waals surface area contributed by atoms with Crippen molar-refractivity contribution in [3.63, 3.8) is 0 Å². The van der Waals surface area contributed by atoms with Crippen molar-refractivity contribution in [2.75, 3.05) is 11.4 Å². The highest BCUT2D eigenvalue weighted by Gasteiger charge is 2.58. The molecule has 2 N–H and O–H groups in total. The molecule has 10 heteroatoms. The summed E-state index contributed by atoms with van der Waals surface area (Å²) in [6.45, 7) is 0.570. The number of aryl methyl sites for hydroxylation is 1. The van der Waals surface area contributed by atoms with Crippen LogP contribution < -0.4 is 10.2 Å². The molecule has 162 valence electrons. The fourth-order valence-electron chi connectivity index (χ4n) is 3.48. The fraction of sp³-hybridized carbons (Fsp3) is 0.450. The predicted molar refractivity (Wildman–Crippen MR) is 102 cm³/mol. The molecule has 2 aromatic rings. The number of piperidine rings is 1. The third kappa shape index (κ3) is 4.48. The van der Waals surface area contributed by atoms with E-state index < -0.39 is 29.9 Å². The molecular weight excluding hydrogens is 401 g/mol. The highest BCUT2D eigenvalue weighted by atomic mass is 19.4. The number of imidazole rings is 1. The van der Waals surface area contributed by atoms with E-state index in [4.69, 9.17) is 0 Å². The first-order valence-electron chi connectivity index (χ1n) is 9.55. The zero-order valence-corrected chi connectivity index (χ0v) is 16.4. The lowest BCUT2D eigenvalue weighted by molar-refractivity contribution is -0.271. The van der Waals surface area contributed by atoms with Gasteiger partial charge in [0.25, 0.3) is 0 Å². The van der Waals surface area contributed by atoms with Gasteiger partial charge in [-0.2, -0.15) is 13.2 Å². The number of hydrogen-bond acceptors (Lipinski definition) is 4. The minimum atomic E-state index is -5.09. The van der Waals surface area contributed by atoms with Crippen molar-refractivity contribution in [1.29, 1.82) is 0 Å². The van der Waals surface area contributed by atoms with E-state index in [1.165, 1.54) is 13.2 Å². The van der Waals surface area contributed by atoms with Crippen LogP contribution in [0, 0.1) is 0 Å². The number of amides is 2. The van der Waals surface area contributed by atoms with E-state index in [0.29, 0.717) is 24.2 Å². The molecule has 1 saturated heterocycles. The van der Waals surface area contributed by atoms with E-state index in [0.717, 1.165) is 23.6 Å². The summed E-state index contributed by atoms with van der Waals surface area (Å²) in [5.41, 5.74) is -2.09. The van der Waals surface area contributed by atoms with Gasteiger partial charge < -0.3 is 19.9 Å². The molecule has 1 unspecified atom stereocenters. The van der Waals surface area contributed by atoms with Crippen LogP contribution in [0.25, 0.3) is 0 Å². The molecule has 0 aliphatic carbocycles. The third-order valence-corrected chi connectivity index (χ3v) is 5.11. The number of benzene rings is 1. The number of hydrogen-bond donors (Lipinski definition) is 2. The van der Waals surface area contributed by atoms with E-state index in [9.17, 15) is 27.9 Å². The van der Waals surface area contributed by atoms with Gasteiger partial charge in [-0.25, -0.2) is 4.98 Å². The van der Waals surface area contributed by atoms with Gasteiger partial charge in [-0.15, -0.1) is 0 Å². The average molecular weight is 424 g/mol. The van der Waals surface area contributed by atoms with Gasteiger partial charge in [0.15, 0.2) is 5.82 Å². The second-order valence-corrected chi connectivity index (χ2v) is 7.35. The summed E-state index contributed by atoms with van der Waals surface area (Å²) in [5, 5.41) is 12.7. The highest BCUT2D eigenvalue weighted by molar-refractivity contribution is 5.94. The summed E-state index contributed by atoms with van der Waals surface area (Å²) in [5.74, 6) is -1.61. The molecule has 30 heavy (non-hydrogen) atoms. The van der Waals surface area contributed by atoms with Crippen molar-refractivity contribution < 1.29 is 27.9 Å². The maximum absolute atomic E-state index is 13.5. The monoisotopic (exact) mass is 424 g/mol. The number of rotatable bonds is 6. The second kappa shape index (κ2) is 8.47. The number of anilines is 1. The molecule has 1 aliphatic rings. The van der Waals surface area contributed by atoms with Crippen LogP contribution in [-0.2, 0) is 28.8 Å². The highest BCUT2D eigenvalue weighted by Crippen LogP contribution is 2.40. The Morgan fingerprint density at radius 1 is 1.30 bits per heavy atom. The Balaban J connectivity index is 1.69. The number of carbonyl (C=O) groups is 2. The van der Waals surface area contributed by atoms with Gasteiger partial charge in [0.2, 0.25) is 17.4 Å². The maximum Gasteiger partial charge on any atom is 0.425 e. The standard InChI is InChI=1S/C20H23F3N4O3/c1-26-10-8-24-18(26)19(30,20(21,22)23)12-16(28)25-13-14-5-4-6-15(11-14)27-9-3-2-7-17(27)29/h4-6,8,10-11,30H,2-3,7,9,12-13H2,1H3,(H,25,28). The first-order valence-corrected chi connectivity index (χ1v) is 9.55. The van der Waals surface area contributed by atoms with E-state index >= 15 is 0 Å². The Hall–Kier alpha value is -2.88. The largest absolute Gasteiger partial charge is 0.425 e. The van der Waals surface area contributed by atoms with Crippen molar-refractivity contribution in [1.82, 2.24) is 14.9 Å². The Labute approximate surface area is 171 Å². The van der Waals surface area contributed by atoms with Crippen molar-refractivity contribution in [2.45, 2.75) is 44.0 Å². The summed E-state index contributed by atoms with van der Waals surface area (Å²) in [4.78, 5) is 29.6. The van der Waals surface area contributed by atoms with E-state index in [2.05, 4.69) is 10.3 Å². The molecule has 2 amide bonds. The molecule has 2 heterocycles. The number of carbonyl (C=O) groups excluding carboxylic acids is 2. The normalized spacial score (nSPS) is 17.0. The van der Waals surface area contributed by atoms with Crippen LogP contribution in [-0.4, -0.2) is 39.2 Å². The summed E-state index contributed by atoms with van der Waals surface area (Å²) >= 11 is 0. The summed E-state index contributed by atoms with van der Waals surface area (Å²) in [6.07, 6.45) is -1.69. The molecule has 0 spiro atoms. The van der Waals surface area contributed by atoms with Gasteiger partial charge in [-0.3, -0.25) is 9.59 Å². The van der Waals surface area contributed by atoms with Gasteiger partial charge >= 0.3 is 6.18 Å². The Kier molecular flexibility index (Phi) is 6.16. The van der Waals surface area contributed by atoms with Gasteiger partial charge in [0, 0.05) is 44.6 Å². The number of aromatic nitrogens is 2. The lowest BCUT2D eigenvalue weighted by Crippen LogP contribution is -2.47. The number of nitrogens with one attached hydrogen (secondary N) is 1. The minimum Gasteiger partial charge on any atom is -0.374 e. The molecule has 0 saturated carbocycles. The molecule has 1 aromatic carbocycles. The van der Waals surface area contributed by atoms with Crippen LogP contribution in [0.2, 0.25) is 0 Å². The molecule has 1 aliphatic heterocycles. The average Bonchev–Trinajstić information content (AvgIpc) is 3.12. The molecule has 1 atom stereocenters. The van der Waals surface area contributed by atoms with Crippen LogP contribution >= 0.6 is 0 Å². The minimum absolute atomic E-state index is 0.0211. The van der Waals surface area contributed by atoms with Crippen LogP contribution in [0.15, 0.2) is 36.7 Å². The van der Waals surface area contributed by atoms with Crippen molar-refractivity contribution in [3.05, 3.63) is 48.0 Å². The number of aliphatic hydroxyl groups is 1. The Bertz CT molecular complexity index is 928. The molecular formula is C20H23F3N4O3. The summed E-state index contributed by atoms with van der Waals surface area (Å²) in [7, 11) is 1.31. The maximum atomic E-state index is 13.5.